The lowest BCUT2D eigenvalue weighted by Crippen LogP contribution is -2.13. The molecule has 18 heavy (non-hydrogen) atoms. The van der Waals surface area contributed by atoms with Gasteiger partial charge in [0.1, 0.15) is 5.82 Å². The zero-order valence-corrected chi connectivity index (χ0v) is 12.0. The lowest BCUT2D eigenvalue weighted by atomic mass is 10.0. The van der Waals surface area contributed by atoms with Gasteiger partial charge in [0.15, 0.2) is 5.16 Å². The van der Waals surface area contributed by atoms with Crippen LogP contribution in [0.15, 0.2) is 5.16 Å². The third-order valence-electron chi connectivity index (χ3n) is 3.03. The molecule has 6 heteroatoms. The van der Waals surface area contributed by atoms with Crippen LogP contribution in [-0.4, -0.2) is 31.6 Å². The predicted molar refractivity (Wildman–Crippen MR) is 71.8 cm³/mol. The van der Waals surface area contributed by atoms with Crippen molar-refractivity contribution in [1.29, 1.82) is 0 Å². The monoisotopic (exact) mass is 271 g/mol. The molecule has 0 saturated carbocycles. The fourth-order valence-corrected chi connectivity index (χ4v) is 2.49. The molecular weight excluding hydrogens is 250 g/mol. The van der Waals surface area contributed by atoms with E-state index in [0.717, 1.165) is 36.8 Å². The Morgan fingerprint density at radius 3 is 2.50 bits per heavy atom. The van der Waals surface area contributed by atoms with Gasteiger partial charge in [0.25, 0.3) is 0 Å². The molecule has 0 atom stereocenters. The molecule has 0 aliphatic rings. The molecule has 102 valence electrons. The molecule has 0 radical (unpaired) electrons. The molecule has 1 aromatic heterocycles. The van der Waals surface area contributed by atoms with Crippen molar-refractivity contribution in [2.24, 2.45) is 5.92 Å². The Hall–Kier alpha value is -1.04. The van der Waals surface area contributed by atoms with E-state index >= 15 is 0 Å². The molecule has 0 spiro atoms. The smallest absolute Gasteiger partial charge is 0.313 e. The second kappa shape index (κ2) is 7.41. The summed E-state index contributed by atoms with van der Waals surface area (Å²) in [6.45, 7) is 7.27. The van der Waals surface area contributed by atoms with Crippen LogP contribution in [0, 0.1) is 5.92 Å². The van der Waals surface area contributed by atoms with Crippen LogP contribution >= 0.6 is 11.8 Å². The van der Waals surface area contributed by atoms with Gasteiger partial charge in [0.05, 0.1) is 5.75 Å². The molecule has 0 saturated heterocycles. The maximum atomic E-state index is 10.6. The number of aryl methyl sites for hydroxylation is 1. The molecule has 0 fully saturated rings. The number of nitrogens with zero attached hydrogens (tertiary/aromatic N) is 3. The van der Waals surface area contributed by atoms with Crippen molar-refractivity contribution in [1.82, 2.24) is 14.8 Å². The van der Waals surface area contributed by atoms with E-state index < -0.39 is 5.97 Å². The van der Waals surface area contributed by atoms with Crippen LogP contribution in [0.3, 0.4) is 0 Å². The van der Waals surface area contributed by atoms with Gasteiger partial charge in [0, 0.05) is 13.0 Å². The first-order chi connectivity index (χ1) is 8.62. The molecule has 1 rings (SSSR count). The fourth-order valence-electron chi connectivity index (χ4n) is 1.80. The Balaban J connectivity index is 2.83. The zero-order valence-electron chi connectivity index (χ0n) is 11.2. The van der Waals surface area contributed by atoms with Crippen molar-refractivity contribution in [2.75, 3.05) is 5.75 Å². The van der Waals surface area contributed by atoms with Crippen molar-refractivity contribution in [3.8, 4) is 0 Å². The molecule has 1 N–H and O–H groups in total. The first-order valence-corrected chi connectivity index (χ1v) is 7.37. The first kappa shape index (κ1) is 15.0. The van der Waals surface area contributed by atoms with Gasteiger partial charge in [-0.15, -0.1) is 10.2 Å². The topological polar surface area (TPSA) is 68.0 Å². The highest BCUT2D eigenvalue weighted by Crippen LogP contribution is 2.21. The zero-order chi connectivity index (χ0) is 13.5. The van der Waals surface area contributed by atoms with Crippen LogP contribution in [0.4, 0.5) is 0 Å². The molecule has 5 nitrogen and oxygen atoms in total. The minimum Gasteiger partial charge on any atom is -0.481 e. The van der Waals surface area contributed by atoms with Crippen LogP contribution in [0.1, 0.15) is 39.4 Å². The number of aromatic nitrogens is 3. The number of hydrogen-bond acceptors (Lipinski definition) is 4. The summed E-state index contributed by atoms with van der Waals surface area (Å²) < 4.78 is 2.07. The molecule has 1 heterocycles. The maximum Gasteiger partial charge on any atom is 0.313 e. The summed E-state index contributed by atoms with van der Waals surface area (Å²) in [6, 6.07) is 0. The molecule has 0 unspecified atom stereocenters. The van der Waals surface area contributed by atoms with E-state index in [-0.39, 0.29) is 5.75 Å². The highest BCUT2D eigenvalue weighted by Gasteiger charge is 2.15. The quantitative estimate of drug-likeness (QED) is 0.736. The number of thioether (sulfide) groups is 1. The number of aliphatic carboxylic acids is 1. The standard InChI is InChI=1S/C12H21N3O2S/c1-4-9(5-2)7-15-10(6-3)13-14-12(15)18-8-11(16)17/h9H,4-8H2,1-3H3,(H,16,17). The van der Waals surface area contributed by atoms with Gasteiger partial charge in [-0.1, -0.05) is 45.4 Å². The minimum atomic E-state index is -0.824. The molecule has 0 aliphatic heterocycles. The highest BCUT2D eigenvalue weighted by atomic mass is 32.2. The number of hydrogen-bond donors (Lipinski definition) is 1. The summed E-state index contributed by atoms with van der Waals surface area (Å²) in [7, 11) is 0. The van der Waals surface area contributed by atoms with E-state index in [1.54, 1.807) is 0 Å². The van der Waals surface area contributed by atoms with Gasteiger partial charge in [-0.3, -0.25) is 4.79 Å². The highest BCUT2D eigenvalue weighted by molar-refractivity contribution is 7.99. The van der Waals surface area contributed by atoms with Crippen LogP contribution in [-0.2, 0) is 17.8 Å². The average Bonchev–Trinajstić information content (AvgIpc) is 2.75. The van der Waals surface area contributed by atoms with Gasteiger partial charge in [-0.25, -0.2) is 0 Å². The van der Waals surface area contributed by atoms with Gasteiger partial charge < -0.3 is 9.67 Å². The summed E-state index contributed by atoms with van der Waals surface area (Å²) in [5.74, 6) is 0.741. The number of carboxylic acids is 1. The molecule has 0 aromatic carbocycles. The number of rotatable bonds is 8. The summed E-state index contributed by atoms with van der Waals surface area (Å²) >= 11 is 1.24. The van der Waals surface area contributed by atoms with E-state index in [1.807, 2.05) is 6.92 Å². The summed E-state index contributed by atoms with van der Waals surface area (Å²) in [4.78, 5) is 10.6. The number of carboxylic acid groups (broad SMARTS) is 1. The third-order valence-corrected chi connectivity index (χ3v) is 3.98. The van der Waals surface area contributed by atoms with E-state index in [0.29, 0.717) is 5.92 Å². The normalized spacial score (nSPS) is 11.1. The van der Waals surface area contributed by atoms with Crippen LogP contribution < -0.4 is 0 Å². The Kier molecular flexibility index (Phi) is 6.18. The Labute approximate surface area is 112 Å². The second-order valence-corrected chi connectivity index (χ2v) is 5.17. The summed E-state index contributed by atoms with van der Waals surface area (Å²) in [6.07, 6.45) is 3.04. The minimum absolute atomic E-state index is 0.0325. The fraction of sp³-hybridized carbons (Fsp3) is 0.750. The van der Waals surface area contributed by atoms with E-state index in [4.69, 9.17) is 5.11 Å². The van der Waals surface area contributed by atoms with Crippen LogP contribution in [0.2, 0.25) is 0 Å². The second-order valence-electron chi connectivity index (χ2n) is 4.23. The van der Waals surface area contributed by atoms with Crippen LogP contribution in [0.5, 0.6) is 0 Å². The third kappa shape index (κ3) is 4.01. The van der Waals surface area contributed by atoms with Gasteiger partial charge in [-0.05, 0) is 5.92 Å². The largest absolute Gasteiger partial charge is 0.481 e. The molecule has 0 bridgehead atoms. The predicted octanol–water partition coefficient (Wildman–Crippen LogP) is 2.45. The van der Waals surface area contributed by atoms with Crippen molar-refractivity contribution in [3.63, 3.8) is 0 Å². The van der Waals surface area contributed by atoms with E-state index in [1.165, 1.54) is 11.8 Å². The molecule has 0 amide bonds. The Bertz CT molecular complexity index is 389. The van der Waals surface area contributed by atoms with Gasteiger partial charge in [-0.2, -0.15) is 0 Å². The number of carbonyl (C=O) groups is 1. The molecular formula is C12H21N3O2S. The average molecular weight is 271 g/mol. The summed E-state index contributed by atoms with van der Waals surface area (Å²) in [5.41, 5.74) is 0. The first-order valence-electron chi connectivity index (χ1n) is 6.38. The van der Waals surface area contributed by atoms with Gasteiger partial charge >= 0.3 is 5.97 Å². The SMILES string of the molecule is CCc1nnc(SCC(=O)O)n1CC(CC)CC. The lowest BCUT2D eigenvalue weighted by molar-refractivity contribution is -0.133. The lowest BCUT2D eigenvalue weighted by Gasteiger charge is -2.15. The van der Waals surface area contributed by atoms with Crippen molar-refractivity contribution in [2.45, 2.75) is 51.7 Å². The van der Waals surface area contributed by atoms with Crippen molar-refractivity contribution in [3.05, 3.63) is 5.82 Å². The van der Waals surface area contributed by atoms with Crippen molar-refractivity contribution >= 4 is 17.7 Å². The summed E-state index contributed by atoms with van der Waals surface area (Å²) in [5, 5.41) is 17.7. The van der Waals surface area contributed by atoms with Gasteiger partial charge in [0.2, 0.25) is 0 Å². The van der Waals surface area contributed by atoms with E-state index in [2.05, 4.69) is 28.6 Å². The van der Waals surface area contributed by atoms with Crippen molar-refractivity contribution < 1.29 is 9.90 Å². The van der Waals surface area contributed by atoms with Crippen LogP contribution in [0.25, 0.3) is 0 Å². The van der Waals surface area contributed by atoms with E-state index in [9.17, 15) is 4.79 Å². The Morgan fingerprint density at radius 1 is 1.33 bits per heavy atom. The molecule has 0 aliphatic carbocycles. The maximum absolute atomic E-state index is 10.6. The molecule has 1 aromatic rings. The Morgan fingerprint density at radius 2 is 2.00 bits per heavy atom.